The van der Waals surface area contributed by atoms with E-state index in [0.29, 0.717) is 33.3 Å². The molecule has 0 saturated carbocycles. The van der Waals surface area contributed by atoms with Gasteiger partial charge in [0.2, 0.25) is 5.91 Å². The summed E-state index contributed by atoms with van der Waals surface area (Å²) in [6, 6.07) is 20.0. The monoisotopic (exact) mass is 465 g/mol. The van der Waals surface area contributed by atoms with E-state index in [1.54, 1.807) is 79.9 Å². The minimum atomic E-state index is -1.03. The van der Waals surface area contributed by atoms with Gasteiger partial charge in [0, 0.05) is 29.1 Å². The molecule has 0 aliphatic heterocycles. The maximum absolute atomic E-state index is 13.3. The number of halogens is 1. The van der Waals surface area contributed by atoms with Crippen LogP contribution in [-0.4, -0.2) is 31.7 Å². The van der Waals surface area contributed by atoms with Crippen LogP contribution >= 0.6 is 11.6 Å². The Balaban J connectivity index is 1.76. The summed E-state index contributed by atoms with van der Waals surface area (Å²) in [5, 5.41) is 3.28. The molecule has 0 radical (unpaired) electrons. The Bertz CT molecular complexity index is 1110. The highest BCUT2D eigenvalue weighted by Gasteiger charge is 2.29. The molecule has 3 aromatic rings. The lowest BCUT2D eigenvalue weighted by molar-refractivity contribution is -0.123. The normalized spacial score (nSPS) is 11.4. The molecule has 1 N–H and O–H groups in total. The Morgan fingerprint density at radius 1 is 0.788 bits per heavy atom. The number of carbonyl (C=O) groups is 3. The topological polar surface area (TPSA) is 81.7 Å². The van der Waals surface area contributed by atoms with Gasteiger partial charge in [0.05, 0.1) is 14.2 Å². The van der Waals surface area contributed by atoms with Gasteiger partial charge in [-0.2, -0.15) is 0 Å². The van der Waals surface area contributed by atoms with Crippen LogP contribution in [0.25, 0.3) is 0 Å². The second kappa shape index (κ2) is 11.3. The fourth-order valence-electron chi connectivity index (χ4n) is 3.34. The number of carbonyl (C=O) groups excluding carboxylic acids is 3. The maximum atomic E-state index is 13.3. The summed E-state index contributed by atoms with van der Waals surface area (Å²) in [4.78, 5) is 38.8. The van der Waals surface area contributed by atoms with Crippen LogP contribution in [0, 0.1) is 0 Å². The predicted molar refractivity (Wildman–Crippen MR) is 127 cm³/mol. The Kier molecular flexibility index (Phi) is 8.22. The van der Waals surface area contributed by atoms with Crippen molar-refractivity contribution in [1.82, 2.24) is 0 Å². The van der Waals surface area contributed by atoms with E-state index < -0.39 is 5.92 Å². The zero-order valence-electron chi connectivity index (χ0n) is 18.3. The summed E-state index contributed by atoms with van der Waals surface area (Å²) in [5.74, 6) is -0.816. The van der Waals surface area contributed by atoms with Crippen LogP contribution < -0.4 is 14.8 Å². The third kappa shape index (κ3) is 6.43. The molecule has 170 valence electrons. The highest BCUT2D eigenvalue weighted by molar-refractivity contribution is 6.30. The molecule has 0 unspecified atom stereocenters. The average molecular weight is 466 g/mol. The van der Waals surface area contributed by atoms with Crippen molar-refractivity contribution in [2.75, 3.05) is 19.5 Å². The number of hydrogen-bond acceptors (Lipinski definition) is 5. The van der Waals surface area contributed by atoms with Gasteiger partial charge in [-0.05, 0) is 66.2 Å². The smallest absolute Gasteiger partial charge is 0.224 e. The molecule has 0 aliphatic carbocycles. The summed E-state index contributed by atoms with van der Waals surface area (Å²) >= 11 is 5.86. The standard InChI is InChI=1S/C26H24ClNO5/c1-32-21-11-3-17(4-12-21)25(26(31)18-5-13-22(33-2)14-6-18)23(29)15-16-24(30)28-20-9-7-19(27)8-10-20/h3-14,25H,15-16H2,1-2H3,(H,28,30)/t25-/m1/s1. The van der Waals surface area contributed by atoms with Gasteiger partial charge in [-0.25, -0.2) is 0 Å². The second-order valence-corrected chi connectivity index (χ2v) is 7.76. The molecule has 0 aliphatic rings. The number of Topliss-reactive ketones (excluding diaryl/α,β-unsaturated/α-hetero) is 2. The molecular weight excluding hydrogens is 442 g/mol. The van der Waals surface area contributed by atoms with Gasteiger partial charge >= 0.3 is 0 Å². The van der Waals surface area contributed by atoms with Crippen molar-refractivity contribution >= 4 is 34.8 Å². The average Bonchev–Trinajstić information content (AvgIpc) is 2.84. The van der Waals surface area contributed by atoms with Gasteiger partial charge in [-0.3, -0.25) is 14.4 Å². The zero-order valence-corrected chi connectivity index (χ0v) is 19.1. The lowest BCUT2D eigenvalue weighted by atomic mass is 9.85. The summed E-state index contributed by atoms with van der Waals surface area (Å²) < 4.78 is 10.3. The SMILES string of the molecule is COc1ccc(C(=O)[C@@H](C(=O)CCC(=O)Nc2ccc(Cl)cc2)c2ccc(OC)cc2)cc1. The highest BCUT2D eigenvalue weighted by atomic mass is 35.5. The Morgan fingerprint density at radius 3 is 1.88 bits per heavy atom. The first kappa shape index (κ1) is 24.0. The van der Waals surface area contributed by atoms with Gasteiger partial charge in [0.15, 0.2) is 5.78 Å². The van der Waals surface area contributed by atoms with Crippen molar-refractivity contribution in [2.45, 2.75) is 18.8 Å². The van der Waals surface area contributed by atoms with E-state index in [1.165, 1.54) is 7.11 Å². The first-order chi connectivity index (χ1) is 15.9. The largest absolute Gasteiger partial charge is 0.497 e. The van der Waals surface area contributed by atoms with Crippen LogP contribution in [0.5, 0.6) is 11.5 Å². The number of rotatable bonds is 10. The van der Waals surface area contributed by atoms with Gasteiger partial charge in [-0.1, -0.05) is 23.7 Å². The van der Waals surface area contributed by atoms with E-state index in [-0.39, 0.29) is 30.3 Å². The molecule has 0 spiro atoms. The molecule has 33 heavy (non-hydrogen) atoms. The van der Waals surface area contributed by atoms with Crippen LogP contribution in [0.15, 0.2) is 72.8 Å². The van der Waals surface area contributed by atoms with Gasteiger partial charge in [0.1, 0.15) is 23.2 Å². The molecule has 7 heteroatoms. The third-order valence-electron chi connectivity index (χ3n) is 5.13. The Hall–Kier alpha value is -3.64. The van der Waals surface area contributed by atoms with Crippen LogP contribution in [0.1, 0.15) is 34.7 Å². The lowest BCUT2D eigenvalue weighted by Gasteiger charge is -2.16. The zero-order chi connectivity index (χ0) is 23.8. The fourth-order valence-corrected chi connectivity index (χ4v) is 3.47. The predicted octanol–water partition coefficient (Wildman–Crippen LogP) is 5.31. The van der Waals surface area contributed by atoms with Crippen molar-refractivity contribution in [3.05, 3.63) is 88.9 Å². The van der Waals surface area contributed by atoms with E-state index in [0.717, 1.165) is 0 Å². The molecule has 0 heterocycles. The van der Waals surface area contributed by atoms with Crippen LogP contribution in [0.2, 0.25) is 5.02 Å². The van der Waals surface area contributed by atoms with E-state index in [1.807, 2.05) is 0 Å². The molecule has 1 atom stereocenters. The number of methoxy groups -OCH3 is 2. The van der Waals surface area contributed by atoms with Crippen molar-refractivity contribution in [2.24, 2.45) is 0 Å². The number of amides is 1. The molecule has 0 saturated heterocycles. The first-order valence-corrected chi connectivity index (χ1v) is 10.7. The first-order valence-electron chi connectivity index (χ1n) is 10.3. The minimum Gasteiger partial charge on any atom is -0.497 e. The van der Waals surface area contributed by atoms with E-state index in [4.69, 9.17) is 21.1 Å². The van der Waals surface area contributed by atoms with Crippen molar-refractivity contribution < 1.29 is 23.9 Å². The molecule has 0 bridgehead atoms. The van der Waals surface area contributed by atoms with Crippen molar-refractivity contribution in [1.29, 1.82) is 0 Å². The van der Waals surface area contributed by atoms with E-state index in [9.17, 15) is 14.4 Å². The van der Waals surface area contributed by atoms with Crippen LogP contribution in [0.3, 0.4) is 0 Å². The van der Waals surface area contributed by atoms with Gasteiger partial charge in [0.25, 0.3) is 0 Å². The molecule has 3 aromatic carbocycles. The number of hydrogen-bond donors (Lipinski definition) is 1. The number of anilines is 1. The molecule has 0 aromatic heterocycles. The summed E-state index contributed by atoms with van der Waals surface area (Å²) in [6.45, 7) is 0. The second-order valence-electron chi connectivity index (χ2n) is 7.32. The van der Waals surface area contributed by atoms with E-state index in [2.05, 4.69) is 5.32 Å². The van der Waals surface area contributed by atoms with Crippen LogP contribution in [-0.2, 0) is 9.59 Å². The maximum Gasteiger partial charge on any atom is 0.224 e. The summed E-state index contributed by atoms with van der Waals surface area (Å²) in [5.41, 5.74) is 1.51. The summed E-state index contributed by atoms with van der Waals surface area (Å²) in [6.07, 6.45) is -0.137. The minimum absolute atomic E-state index is 0.0516. The van der Waals surface area contributed by atoms with Gasteiger partial charge < -0.3 is 14.8 Å². The lowest BCUT2D eigenvalue weighted by Crippen LogP contribution is -2.24. The van der Waals surface area contributed by atoms with Crippen molar-refractivity contribution in [3.63, 3.8) is 0 Å². The molecule has 3 rings (SSSR count). The van der Waals surface area contributed by atoms with Gasteiger partial charge in [-0.15, -0.1) is 0 Å². The van der Waals surface area contributed by atoms with E-state index >= 15 is 0 Å². The Morgan fingerprint density at radius 2 is 1.33 bits per heavy atom. The third-order valence-corrected chi connectivity index (χ3v) is 5.39. The number of benzene rings is 3. The Labute approximate surface area is 197 Å². The number of nitrogens with one attached hydrogen (secondary N) is 1. The molecule has 6 nitrogen and oxygen atoms in total. The van der Waals surface area contributed by atoms with Crippen molar-refractivity contribution in [3.8, 4) is 11.5 Å². The molecule has 0 fully saturated rings. The van der Waals surface area contributed by atoms with Crippen LogP contribution in [0.4, 0.5) is 5.69 Å². The number of ether oxygens (including phenoxy) is 2. The number of ketones is 2. The highest BCUT2D eigenvalue weighted by Crippen LogP contribution is 2.27. The molecule has 1 amide bonds. The quantitative estimate of drug-likeness (QED) is 0.324. The summed E-state index contributed by atoms with van der Waals surface area (Å²) in [7, 11) is 3.08. The fraction of sp³-hybridized carbons (Fsp3) is 0.192. The molecular formula is C26H24ClNO5.